The van der Waals surface area contributed by atoms with Crippen LogP contribution in [0.15, 0.2) is 12.1 Å². The van der Waals surface area contributed by atoms with Crippen LogP contribution < -0.4 is 10.2 Å². The van der Waals surface area contributed by atoms with Gasteiger partial charge in [0.1, 0.15) is 0 Å². The van der Waals surface area contributed by atoms with Crippen molar-refractivity contribution in [2.24, 2.45) is 5.92 Å². The lowest BCUT2D eigenvalue weighted by molar-refractivity contribution is -0.123. The van der Waals surface area contributed by atoms with Crippen LogP contribution in [0.25, 0.3) is 0 Å². The first kappa shape index (κ1) is 15.5. The second-order valence-corrected chi connectivity index (χ2v) is 7.47. The van der Waals surface area contributed by atoms with E-state index in [0.29, 0.717) is 11.9 Å². The van der Waals surface area contributed by atoms with E-state index in [1.807, 2.05) is 24.9 Å². The molecule has 1 N–H and O–H groups in total. The smallest absolute Gasteiger partial charge is 0.230 e. The van der Waals surface area contributed by atoms with Gasteiger partial charge in [0.2, 0.25) is 5.91 Å². The Morgan fingerprint density at radius 2 is 1.95 bits per heavy atom. The minimum absolute atomic E-state index is 0.0564. The molecule has 1 aliphatic carbocycles. The third-order valence-corrected chi connectivity index (χ3v) is 5.25. The van der Waals surface area contributed by atoms with E-state index in [-0.39, 0.29) is 11.3 Å². The molecule has 120 valence electrons. The SMILES string of the molecule is CNC1CCC(C(=O)N2CC(C)(C)c3nc(C)ccc32)CC1. The number of rotatable bonds is 2. The van der Waals surface area contributed by atoms with E-state index >= 15 is 0 Å². The maximum Gasteiger partial charge on any atom is 0.230 e. The Morgan fingerprint density at radius 1 is 1.27 bits per heavy atom. The Hall–Kier alpha value is -1.42. The van der Waals surface area contributed by atoms with Crippen molar-refractivity contribution in [1.82, 2.24) is 10.3 Å². The van der Waals surface area contributed by atoms with E-state index in [2.05, 4.69) is 25.2 Å². The van der Waals surface area contributed by atoms with Crippen LogP contribution in [0.1, 0.15) is 50.9 Å². The van der Waals surface area contributed by atoms with Crippen LogP contribution in [0.5, 0.6) is 0 Å². The van der Waals surface area contributed by atoms with Crippen molar-refractivity contribution >= 4 is 11.6 Å². The second kappa shape index (κ2) is 5.65. The highest BCUT2D eigenvalue weighted by Gasteiger charge is 2.41. The number of nitrogens with zero attached hydrogens (tertiary/aromatic N) is 2. The van der Waals surface area contributed by atoms with Crippen molar-refractivity contribution in [2.45, 2.75) is 57.9 Å². The molecule has 1 saturated carbocycles. The van der Waals surface area contributed by atoms with Crippen molar-refractivity contribution in [3.8, 4) is 0 Å². The Bertz CT molecular complexity index is 574. The van der Waals surface area contributed by atoms with Crippen molar-refractivity contribution in [3.05, 3.63) is 23.5 Å². The fourth-order valence-corrected chi connectivity index (χ4v) is 3.87. The number of hydrogen-bond donors (Lipinski definition) is 1. The quantitative estimate of drug-likeness (QED) is 0.913. The maximum absolute atomic E-state index is 13.0. The molecule has 1 amide bonds. The van der Waals surface area contributed by atoms with Crippen LogP contribution in [-0.4, -0.2) is 30.5 Å². The minimum Gasteiger partial charge on any atom is -0.317 e. The summed E-state index contributed by atoms with van der Waals surface area (Å²) < 4.78 is 0. The lowest BCUT2D eigenvalue weighted by Crippen LogP contribution is -2.41. The summed E-state index contributed by atoms with van der Waals surface area (Å²) in [4.78, 5) is 19.7. The average molecular weight is 301 g/mol. The van der Waals surface area contributed by atoms with E-state index in [9.17, 15) is 4.79 Å². The Morgan fingerprint density at radius 3 is 2.59 bits per heavy atom. The minimum atomic E-state index is -0.0564. The molecule has 4 heteroatoms. The van der Waals surface area contributed by atoms with Gasteiger partial charge in [-0.2, -0.15) is 0 Å². The van der Waals surface area contributed by atoms with Crippen LogP contribution in [0.2, 0.25) is 0 Å². The zero-order valence-electron chi connectivity index (χ0n) is 14.1. The molecule has 22 heavy (non-hydrogen) atoms. The van der Waals surface area contributed by atoms with Gasteiger partial charge in [0, 0.05) is 29.6 Å². The normalized spacial score (nSPS) is 26.8. The first-order valence-corrected chi connectivity index (χ1v) is 8.39. The standard InChI is InChI=1S/C18H27N3O/c1-12-5-10-15-16(20-12)18(2,3)11-21(15)17(22)13-6-8-14(19-4)9-7-13/h5,10,13-14,19H,6-9,11H2,1-4H3. The van der Waals surface area contributed by atoms with Gasteiger partial charge in [-0.1, -0.05) is 13.8 Å². The summed E-state index contributed by atoms with van der Waals surface area (Å²) in [6.07, 6.45) is 4.19. The van der Waals surface area contributed by atoms with Gasteiger partial charge < -0.3 is 10.2 Å². The summed E-state index contributed by atoms with van der Waals surface area (Å²) in [5, 5.41) is 3.33. The van der Waals surface area contributed by atoms with Gasteiger partial charge >= 0.3 is 0 Å². The Labute approximate surface area is 133 Å². The van der Waals surface area contributed by atoms with Gasteiger partial charge in [-0.05, 0) is 51.8 Å². The highest BCUT2D eigenvalue weighted by atomic mass is 16.2. The van der Waals surface area contributed by atoms with E-state index < -0.39 is 0 Å². The number of nitrogens with one attached hydrogen (secondary N) is 1. The summed E-state index contributed by atoms with van der Waals surface area (Å²) in [6, 6.07) is 4.66. The first-order valence-electron chi connectivity index (χ1n) is 8.39. The predicted molar refractivity (Wildman–Crippen MR) is 89.2 cm³/mol. The lowest BCUT2D eigenvalue weighted by atomic mass is 9.85. The van der Waals surface area contributed by atoms with Crippen molar-refractivity contribution in [2.75, 3.05) is 18.5 Å². The number of carbonyl (C=O) groups is 1. The molecule has 1 aliphatic heterocycles. The molecule has 0 radical (unpaired) electrons. The lowest BCUT2D eigenvalue weighted by Gasteiger charge is -2.31. The number of fused-ring (bicyclic) bond motifs is 1. The molecule has 1 aromatic heterocycles. The number of carbonyl (C=O) groups excluding carboxylic acids is 1. The Kier molecular flexibility index (Phi) is 3.98. The molecule has 0 aromatic carbocycles. The van der Waals surface area contributed by atoms with Crippen LogP contribution >= 0.6 is 0 Å². The molecule has 3 rings (SSSR count). The zero-order valence-corrected chi connectivity index (χ0v) is 14.1. The fraction of sp³-hybridized carbons (Fsp3) is 0.667. The maximum atomic E-state index is 13.0. The van der Waals surface area contributed by atoms with Crippen LogP contribution in [0.3, 0.4) is 0 Å². The topological polar surface area (TPSA) is 45.2 Å². The molecule has 0 spiro atoms. The highest BCUT2D eigenvalue weighted by molar-refractivity contribution is 5.97. The molecule has 0 unspecified atom stereocenters. The van der Waals surface area contributed by atoms with Gasteiger partial charge in [-0.3, -0.25) is 9.78 Å². The van der Waals surface area contributed by atoms with Gasteiger partial charge in [0.25, 0.3) is 0 Å². The summed E-state index contributed by atoms with van der Waals surface area (Å²) in [7, 11) is 2.01. The predicted octanol–water partition coefficient (Wildman–Crippen LogP) is 2.79. The molecule has 2 heterocycles. The largest absolute Gasteiger partial charge is 0.317 e. The van der Waals surface area contributed by atoms with Crippen LogP contribution in [0, 0.1) is 12.8 Å². The number of aromatic nitrogens is 1. The molecular formula is C18H27N3O. The van der Waals surface area contributed by atoms with Gasteiger partial charge in [-0.25, -0.2) is 0 Å². The summed E-state index contributed by atoms with van der Waals surface area (Å²) in [5.41, 5.74) is 3.07. The monoisotopic (exact) mass is 301 g/mol. The molecule has 0 saturated heterocycles. The molecule has 4 nitrogen and oxygen atoms in total. The number of hydrogen-bond acceptors (Lipinski definition) is 3. The highest BCUT2D eigenvalue weighted by Crippen LogP contribution is 2.41. The summed E-state index contributed by atoms with van der Waals surface area (Å²) >= 11 is 0. The number of pyridine rings is 1. The molecule has 0 bridgehead atoms. The summed E-state index contributed by atoms with van der Waals surface area (Å²) in [6.45, 7) is 7.14. The second-order valence-electron chi connectivity index (χ2n) is 7.47. The molecular weight excluding hydrogens is 274 g/mol. The number of amides is 1. The molecule has 1 fully saturated rings. The van der Waals surface area contributed by atoms with Crippen molar-refractivity contribution < 1.29 is 4.79 Å². The van der Waals surface area contributed by atoms with E-state index in [1.165, 1.54) is 0 Å². The van der Waals surface area contributed by atoms with Gasteiger partial charge in [-0.15, -0.1) is 0 Å². The number of aryl methyl sites for hydroxylation is 1. The third kappa shape index (κ3) is 2.65. The van der Waals surface area contributed by atoms with Crippen LogP contribution in [0.4, 0.5) is 5.69 Å². The van der Waals surface area contributed by atoms with Crippen LogP contribution in [-0.2, 0) is 10.2 Å². The number of anilines is 1. The van der Waals surface area contributed by atoms with E-state index in [4.69, 9.17) is 4.98 Å². The fourth-order valence-electron chi connectivity index (χ4n) is 3.87. The molecule has 1 aromatic rings. The molecule has 0 atom stereocenters. The Balaban J connectivity index is 1.81. The summed E-state index contributed by atoms with van der Waals surface area (Å²) in [5.74, 6) is 0.472. The van der Waals surface area contributed by atoms with E-state index in [0.717, 1.165) is 49.3 Å². The van der Waals surface area contributed by atoms with Crippen molar-refractivity contribution in [1.29, 1.82) is 0 Å². The zero-order chi connectivity index (χ0) is 15.9. The van der Waals surface area contributed by atoms with Gasteiger partial charge in [0.15, 0.2) is 0 Å². The van der Waals surface area contributed by atoms with Crippen molar-refractivity contribution in [3.63, 3.8) is 0 Å². The van der Waals surface area contributed by atoms with E-state index in [1.54, 1.807) is 0 Å². The third-order valence-electron chi connectivity index (χ3n) is 5.25. The average Bonchev–Trinajstić information content (AvgIpc) is 2.78. The van der Waals surface area contributed by atoms with Gasteiger partial charge in [0.05, 0.1) is 11.4 Å². The first-order chi connectivity index (χ1) is 10.4. The molecule has 2 aliphatic rings.